The summed E-state index contributed by atoms with van der Waals surface area (Å²) < 4.78 is 31.8. The van der Waals surface area contributed by atoms with Crippen LogP contribution in [-0.2, 0) is 0 Å². The number of aromatic nitrogens is 1. The smallest absolute Gasteiger partial charge is 0.252 e. The van der Waals surface area contributed by atoms with Crippen molar-refractivity contribution >= 4 is 5.82 Å². The zero-order chi connectivity index (χ0) is 12.3. The van der Waals surface area contributed by atoms with E-state index in [0.29, 0.717) is 0 Å². The molecule has 0 radical (unpaired) electrons. The molecule has 0 aliphatic carbocycles. The van der Waals surface area contributed by atoms with Crippen molar-refractivity contribution in [2.45, 2.75) is 26.9 Å². The fraction of sp³-hybridized carbons (Fsp3) is 0.545. The van der Waals surface area contributed by atoms with Crippen LogP contribution in [0.25, 0.3) is 0 Å². The molecule has 5 heteroatoms. The first-order valence-electron chi connectivity index (χ1n) is 5.16. The van der Waals surface area contributed by atoms with Crippen LogP contribution in [0.1, 0.15) is 20.8 Å². The van der Waals surface area contributed by atoms with E-state index in [-0.39, 0.29) is 23.7 Å². The van der Waals surface area contributed by atoms with E-state index in [1.807, 2.05) is 20.8 Å². The summed E-state index contributed by atoms with van der Waals surface area (Å²) in [4.78, 5) is 3.73. The lowest BCUT2D eigenvalue weighted by Crippen LogP contribution is -2.20. The number of nitrogens with zero attached hydrogens (tertiary/aromatic N) is 1. The number of halogens is 2. The molecule has 1 N–H and O–H groups in total. The SMILES string of the molecule is CNc1nc(OC(C)C(C)C)c(F)cc1F. The van der Waals surface area contributed by atoms with Crippen molar-refractivity contribution in [2.24, 2.45) is 5.92 Å². The summed E-state index contributed by atoms with van der Waals surface area (Å²) in [7, 11) is 1.51. The first-order chi connectivity index (χ1) is 7.45. The van der Waals surface area contributed by atoms with Crippen molar-refractivity contribution in [1.29, 1.82) is 0 Å². The van der Waals surface area contributed by atoms with Crippen LogP contribution in [0.4, 0.5) is 14.6 Å². The molecule has 1 unspecified atom stereocenters. The van der Waals surface area contributed by atoms with Gasteiger partial charge in [0.15, 0.2) is 17.5 Å². The minimum Gasteiger partial charge on any atom is -0.472 e. The normalized spacial score (nSPS) is 12.7. The Morgan fingerprint density at radius 2 is 1.88 bits per heavy atom. The lowest BCUT2D eigenvalue weighted by Gasteiger charge is -2.18. The van der Waals surface area contributed by atoms with Gasteiger partial charge in [-0.1, -0.05) is 13.8 Å². The van der Waals surface area contributed by atoms with Gasteiger partial charge in [-0.2, -0.15) is 4.98 Å². The van der Waals surface area contributed by atoms with Crippen molar-refractivity contribution in [3.63, 3.8) is 0 Å². The van der Waals surface area contributed by atoms with Crippen LogP contribution < -0.4 is 10.1 Å². The standard InChI is InChI=1S/C11H16F2N2O/c1-6(2)7(3)16-11-9(13)5-8(12)10(14-4)15-11/h5-7H,1-4H3,(H,14,15). The van der Waals surface area contributed by atoms with Crippen LogP contribution in [0.3, 0.4) is 0 Å². The molecular weight excluding hydrogens is 214 g/mol. The maximum atomic E-state index is 13.3. The third-order valence-electron chi connectivity index (χ3n) is 2.37. The Kier molecular flexibility index (Phi) is 4.04. The molecule has 1 heterocycles. The fourth-order valence-corrected chi connectivity index (χ4v) is 1.02. The Bertz CT molecular complexity index is 369. The largest absolute Gasteiger partial charge is 0.472 e. The van der Waals surface area contributed by atoms with Gasteiger partial charge in [0.2, 0.25) is 0 Å². The maximum Gasteiger partial charge on any atom is 0.252 e. The van der Waals surface area contributed by atoms with Gasteiger partial charge in [-0.25, -0.2) is 8.78 Å². The zero-order valence-electron chi connectivity index (χ0n) is 9.84. The summed E-state index contributed by atoms with van der Waals surface area (Å²) >= 11 is 0. The van der Waals surface area contributed by atoms with Gasteiger partial charge in [-0.3, -0.25) is 0 Å². The summed E-state index contributed by atoms with van der Waals surface area (Å²) in [5, 5.41) is 2.53. The molecule has 3 nitrogen and oxygen atoms in total. The lowest BCUT2D eigenvalue weighted by atomic mass is 10.1. The van der Waals surface area contributed by atoms with Gasteiger partial charge in [0.05, 0.1) is 0 Å². The summed E-state index contributed by atoms with van der Waals surface area (Å²) in [5.41, 5.74) is 0. The third-order valence-corrected chi connectivity index (χ3v) is 2.37. The van der Waals surface area contributed by atoms with E-state index in [2.05, 4.69) is 10.3 Å². The van der Waals surface area contributed by atoms with Crippen LogP contribution >= 0.6 is 0 Å². The molecule has 1 atom stereocenters. The molecule has 1 aromatic rings. The van der Waals surface area contributed by atoms with Crippen molar-refractivity contribution in [3.05, 3.63) is 17.7 Å². The summed E-state index contributed by atoms with van der Waals surface area (Å²) in [6.45, 7) is 5.71. The van der Waals surface area contributed by atoms with Crippen molar-refractivity contribution in [1.82, 2.24) is 4.98 Å². The van der Waals surface area contributed by atoms with Gasteiger partial charge in [0.1, 0.15) is 6.10 Å². The third kappa shape index (κ3) is 2.81. The highest BCUT2D eigenvalue weighted by molar-refractivity contribution is 5.38. The number of hydrogen-bond donors (Lipinski definition) is 1. The highest BCUT2D eigenvalue weighted by Gasteiger charge is 2.16. The number of anilines is 1. The van der Waals surface area contributed by atoms with E-state index < -0.39 is 11.6 Å². The van der Waals surface area contributed by atoms with Crippen LogP contribution in [0.15, 0.2) is 6.07 Å². The number of pyridine rings is 1. The lowest BCUT2D eigenvalue weighted by molar-refractivity contribution is 0.155. The van der Waals surface area contributed by atoms with Crippen molar-refractivity contribution < 1.29 is 13.5 Å². The maximum absolute atomic E-state index is 13.3. The van der Waals surface area contributed by atoms with Gasteiger partial charge in [0.25, 0.3) is 5.88 Å². The minimum atomic E-state index is -0.788. The number of hydrogen-bond acceptors (Lipinski definition) is 3. The predicted octanol–water partition coefficient (Wildman–Crippen LogP) is 2.82. The Hall–Kier alpha value is -1.39. The first-order valence-corrected chi connectivity index (χ1v) is 5.16. The molecule has 0 fully saturated rings. The second-order valence-electron chi connectivity index (χ2n) is 3.92. The van der Waals surface area contributed by atoms with Crippen molar-refractivity contribution in [2.75, 3.05) is 12.4 Å². The molecule has 0 saturated heterocycles. The molecule has 0 amide bonds. The van der Waals surface area contributed by atoms with Crippen LogP contribution in [-0.4, -0.2) is 18.1 Å². The molecule has 0 saturated carbocycles. The van der Waals surface area contributed by atoms with E-state index in [4.69, 9.17) is 4.74 Å². The molecule has 0 bridgehead atoms. The summed E-state index contributed by atoms with van der Waals surface area (Å²) in [6.07, 6.45) is -0.183. The minimum absolute atomic E-state index is 0.0210. The Morgan fingerprint density at radius 3 is 2.38 bits per heavy atom. The first kappa shape index (κ1) is 12.7. The average Bonchev–Trinajstić information content (AvgIpc) is 2.21. The molecule has 0 aromatic carbocycles. The second kappa shape index (κ2) is 5.09. The fourth-order valence-electron chi connectivity index (χ4n) is 1.02. The van der Waals surface area contributed by atoms with E-state index in [1.165, 1.54) is 7.05 Å². The molecular formula is C11H16F2N2O. The quantitative estimate of drug-likeness (QED) is 0.863. The Balaban J connectivity index is 2.96. The van der Waals surface area contributed by atoms with E-state index >= 15 is 0 Å². The average molecular weight is 230 g/mol. The van der Waals surface area contributed by atoms with Gasteiger partial charge in [0, 0.05) is 13.1 Å². The van der Waals surface area contributed by atoms with Crippen molar-refractivity contribution in [3.8, 4) is 5.88 Å². The van der Waals surface area contributed by atoms with Gasteiger partial charge < -0.3 is 10.1 Å². The van der Waals surface area contributed by atoms with E-state index in [0.717, 1.165) is 6.07 Å². The molecule has 0 aliphatic rings. The van der Waals surface area contributed by atoms with Crippen LogP contribution in [0.5, 0.6) is 5.88 Å². The number of rotatable bonds is 4. The summed E-state index contributed by atoms with van der Waals surface area (Å²) in [6, 6.07) is 0.765. The predicted molar refractivity (Wildman–Crippen MR) is 58.6 cm³/mol. The van der Waals surface area contributed by atoms with Crippen LogP contribution in [0.2, 0.25) is 0 Å². The highest BCUT2D eigenvalue weighted by Crippen LogP contribution is 2.22. The van der Waals surface area contributed by atoms with Gasteiger partial charge in [-0.15, -0.1) is 0 Å². The number of ether oxygens (including phenoxy) is 1. The molecule has 90 valence electrons. The molecule has 1 rings (SSSR count). The Morgan fingerprint density at radius 1 is 1.25 bits per heavy atom. The van der Waals surface area contributed by atoms with E-state index in [1.54, 1.807) is 0 Å². The Labute approximate surface area is 93.8 Å². The molecule has 16 heavy (non-hydrogen) atoms. The van der Waals surface area contributed by atoms with Crippen LogP contribution in [0, 0.1) is 17.6 Å². The van der Waals surface area contributed by atoms with E-state index in [9.17, 15) is 8.78 Å². The molecule has 0 spiro atoms. The monoisotopic (exact) mass is 230 g/mol. The van der Waals surface area contributed by atoms with Gasteiger partial charge in [-0.05, 0) is 12.8 Å². The van der Waals surface area contributed by atoms with Gasteiger partial charge >= 0.3 is 0 Å². The molecule has 1 aromatic heterocycles. The number of nitrogens with one attached hydrogen (secondary N) is 1. The summed E-state index contributed by atoms with van der Waals surface area (Å²) in [5.74, 6) is -1.49. The highest BCUT2D eigenvalue weighted by atomic mass is 19.1. The second-order valence-corrected chi connectivity index (χ2v) is 3.92. The zero-order valence-corrected chi connectivity index (χ0v) is 9.84. The topological polar surface area (TPSA) is 34.2 Å². The molecule has 0 aliphatic heterocycles.